The molecule has 4 rings (SSSR count). The number of halogens is 1. The summed E-state index contributed by atoms with van der Waals surface area (Å²) in [5, 5.41) is 5.05. The van der Waals surface area contributed by atoms with Crippen LogP contribution in [0.25, 0.3) is 10.2 Å². The van der Waals surface area contributed by atoms with E-state index in [0.29, 0.717) is 17.4 Å². The maximum absolute atomic E-state index is 13.2. The fourth-order valence-corrected chi connectivity index (χ4v) is 4.30. The molecular formula is C20H17BrN4OS. The number of carbonyl (C=O) groups is 1. The minimum absolute atomic E-state index is 0.149. The van der Waals surface area contributed by atoms with Crippen LogP contribution in [0.1, 0.15) is 23.0 Å². The summed E-state index contributed by atoms with van der Waals surface area (Å²) in [6.07, 6.45) is 1.82. The third-order valence-corrected chi connectivity index (χ3v) is 5.72. The van der Waals surface area contributed by atoms with E-state index in [9.17, 15) is 4.79 Å². The number of benzene rings is 2. The molecule has 0 unspecified atom stereocenters. The van der Waals surface area contributed by atoms with Gasteiger partial charge in [0.2, 0.25) is 0 Å². The predicted octanol–water partition coefficient (Wildman–Crippen LogP) is 5.12. The normalized spacial score (nSPS) is 11.0. The first-order valence-corrected chi connectivity index (χ1v) is 10.2. The number of carbonyl (C=O) groups excluding carboxylic acids is 1. The van der Waals surface area contributed by atoms with Crippen LogP contribution in [0.5, 0.6) is 0 Å². The molecule has 0 aliphatic carbocycles. The highest BCUT2D eigenvalue weighted by Crippen LogP contribution is 2.32. The van der Waals surface area contributed by atoms with Crippen LogP contribution in [0.4, 0.5) is 5.13 Å². The van der Waals surface area contributed by atoms with Gasteiger partial charge in [-0.15, -0.1) is 0 Å². The molecule has 0 bridgehead atoms. The van der Waals surface area contributed by atoms with E-state index in [-0.39, 0.29) is 5.91 Å². The molecule has 2 aromatic heterocycles. The summed E-state index contributed by atoms with van der Waals surface area (Å²) >= 11 is 5.00. The zero-order valence-electron chi connectivity index (χ0n) is 14.7. The van der Waals surface area contributed by atoms with Gasteiger partial charge in [0, 0.05) is 17.2 Å². The summed E-state index contributed by atoms with van der Waals surface area (Å²) in [6.45, 7) is 3.16. The van der Waals surface area contributed by atoms with Crippen LogP contribution in [0, 0.1) is 0 Å². The van der Waals surface area contributed by atoms with E-state index in [1.165, 1.54) is 11.3 Å². The minimum atomic E-state index is -0.149. The molecule has 7 heteroatoms. The van der Waals surface area contributed by atoms with Crippen molar-refractivity contribution >= 4 is 48.5 Å². The SMILES string of the molecule is CCn1ccc(C(=O)N(Cc2ccccc2)c2nc3ccc(Br)cc3s2)n1. The van der Waals surface area contributed by atoms with Crippen LogP contribution in [0.2, 0.25) is 0 Å². The second-order valence-electron chi connectivity index (χ2n) is 6.04. The molecule has 0 aliphatic rings. The van der Waals surface area contributed by atoms with Crippen molar-refractivity contribution in [3.8, 4) is 0 Å². The van der Waals surface area contributed by atoms with Crippen molar-refractivity contribution in [3.05, 3.63) is 76.5 Å². The van der Waals surface area contributed by atoms with Crippen molar-refractivity contribution in [2.45, 2.75) is 20.0 Å². The van der Waals surface area contributed by atoms with Gasteiger partial charge in [-0.05, 0) is 36.8 Å². The van der Waals surface area contributed by atoms with Crippen molar-refractivity contribution in [1.82, 2.24) is 14.8 Å². The van der Waals surface area contributed by atoms with E-state index in [0.717, 1.165) is 26.8 Å². The molecule has 27 heavy (non-hydrogen) atoms. The van der Waals surface area contributed by atoms with Crippen LogP contribution in [-0.4, -0.2) is 20.7 Å². The standard InChI is InChI=1S/C20H17BrN4OS/c1-2-24-11-10-17(23-24)19(26)25(13-14-6-4-3-5-7-14)20-22-16-9-8-15(21)12-18(16)27-20/h3-12H,2,13H2,1H3. The molecule has 5 nitrogen and oxygen atoms in total. The third kappa shape index (κ3) is 3.79. The quantitative estimate of drug-likeness (QED) is 0.432. The smallest absolute Gasteiger partial charge is 0.278 e. The Balaban J connectivity index is 1.75. The average molecular weight is 441 g/mol. The Morgan fingerprint density at radius 2 is 2.00 bits per heavy atom. The Bertz CT molecular complexity index is 1090. The molecule has 0 radical (unpaired) electrons. The van der Waals surface area contributed by atoms with Crippen LogP contribution in [-0.2, 0) is 13.1 Å². The summed E-state index contributed by atoms with van der Waals surface area (Å²) in [5.74, 6) is -0.149. The maximum atomic E-state index is 13.2. The van der Waals surface area contributed by atoms with Crippen molar-refractivity contribution < 1.29 is 4.79 Å². The monoisotopic (exact) mass is 440 g/mol. The highest BCUT2D eigenvalue weighted by molar-refractivity contribution is 9.10. The molecule has 0 fully saturated rings. The van der Waals surface area contributed by atoms with E-state index in [2.05, 4.69) is 21.0 Å². The van der Waals surface area contributed by atoms with Gasteiger partial charge >= 0.3 is 0 Å². The minimum Gasteiger partial charge on any atom is -0.278 e. The van der Waals surface area contributed by atoms with Crippen molar-refractivity contribution in [3.63, 3.8) is 0 Å². The number of aryl methyl sites for hydroxylation is 1. The molecule has 2 aromatic carbocycles. The first kappa shape index (κ1) is 17.9. The lowest BCUT2D eigenvalue weighted by atomic mass is 10.2. The van der Waals surface area contributed by atoms with E-state index >= 15 is 0 Å². The van der Waals surface area contributed by atoms with Gasteiger partial charge in [0.1, 0.15) is 0 Å². The second kappa shape index (κ2) is 7.62. The first-order valence-electron chi connectivity index (χ1n) is 8.59. The Morgan fingerprint density at radius 1 is 1.19 bits per heavy atom. The molecule has 1 amide bonds. The molecule has 0 aliphatic heterocycles. The lowest BCUT2D eigenvalue weighted by Crippen LogP contribution is -2.30. The van der Waals surface area contributed by atoms with Gasteiger partial charge < -0.3 is 0 Å². The number of fused-ring (bicyclic) bond motifs is 1. The van der Waals surface area contributed by atoms with Gasteiger partial charge in [0.25, 0.3) is 5.91 Å². The number of nitrogens with zero attached hydrogens (tertiary/aromatic N) is 4. The topological polar surface area (TPSA) is 51.0 Å². The molecule has 0 N–H and O–H groups in total. The molecule has 0 spiro atoms. The largest absolute Gasteiger partial charge is 0.280 e. The zero-order valence-corrected chi connectivity index (χ0v) is 17.1. The molecule has 0 saturated carbocycles. The van der Waals surface area contributed by atoms with Crippen LogP contribution in [0.3, 0.4) is 0 Å². The number of thiazole rings is 1. The Labute approximate surface area is 169 Å². The van der Waals surface area contributed by atoms with Crippen LogP contribution in [0.15, 0.2) is 65.3 Å². The van der Waals surface area contributed by atoms with E-state index in [1.54, 1.807) is 15.6 Å². The number of rotatable bonds is 5. The first-order chi connectivity index (χ1) is 13.1. The molecule has 0 atom stereocenters. The number of amides is 1. The average Bonchev–Trinajstić information content (AvgIpc) is 3.32. The summed E-state index contributed by atoms with van der Waals surface area (Å²) in [4.78, 5) is 19.6. The number of anilines is 1. The van der Waals surface area contributed by atoms with Crippen LogP contribution >= 0.6 is 27.3 Å². The zero-order chi connectivity index (χ0) is 18.8. The van der Waals surface area contributed by atoms with E-state index in [1.807, 2.05) is 61.7 Å². The number of hydrogen-bond acceptors (Lipinski definition) is 4. The highest BCUT2D eigenvalue weighted by atomic mass is 79.9. The third-order valence-electron chi connectivity index (χ3n) is 4.18. The lowest BCUT2D eigenvalue weighted by molar-refractivity contribution is 0.0979. The molecule has 2 heterocycles. The summed E-state index contributed by atoms with van der Waals surface area (Å²) in [5.41, 5.74) is 2.34. The number of hydrogen-bond donors (Lipinski definition) is 0. The van der Waals surface area contributed by atoms with Crippen molar-refractivity contribution in [2.75, 3.05) is 4.90 Å². The van der Waals surface area contributed by atoms with E-state index < -0.39 is 0 Å². The second-order valence-corrected chi connectivity index (χ2v) is 7.97. The van der Waals surface area contributed by atoms with E-state index in [4.69, 9.17) is 4.98 Å². The van der Waals surface area contributed by atoms with Gasteiger partial charge in [0.15, 0.2) is 10.8 Å². The fraction of sp³-hybridized carbons (Fsp3) is 0.150. The maximum Gasteiger partial charge on any atom is 0.280 e. The number of aromatic nitrogens is 3. The molecule has 0 saturated heterocycles. The van der Waals surface area contributed by atoms with Crippen molar-refractivity contribution in [2.24, 2.45) is 0 Å². The summed E-state index contributed by atoms with van der Waals surface area (Å²) in [6, 6.07) is 17.6. The Hall–Kier alpha value is -2.51. The van der Waals surface area contributed by atoms with Crippen molar-refractivity contribution in [1.29, 1.82) is 0 Å². The molecule has 136 valence electrons. The molecular weight excluding hydrogens is 424 g/mol. The van der Waals surface area contributed by atoms with Gasteiger partial charge in [-0.2, -0.15) is 5.10 Å². The Morgan fingerprint density at radius 3 is 2.74 bits per heavy atom. The summed E-state index contributed by atoms with van der Waals surface area (Å²) < 4.78 is 3.78. The van der Waals surface area contributed by atoms with Gasteiger partial charge in [-0.1, -0.05) is 57.6 Å². The molecule has 4 aromatic rings. The van der Waals surface area contributed by atoms with Gasteiger partial charge in [-0.3, -0.25) is 14.4 Å². The summed E-state index contributed by atoms with van der Waals surface area (Å²) in [7, 11) is 0. The Kier molecular flexibility index (Phi) is 5.05. The van der Waals surface area contributed by atoms with Gasteiger partial charge in [0.05, 0.1) is 16.8 Å². The lowest BCUT2D eigenvalue weighted by Gasteiger charge is -2.19. The van der Waals surface area contributed by atoms with Crippen LogP contribution < -0.4 is 4.90 Å². The fourth-order valence-electron chi connectivity index (χ4n) is 2.78. The highest BCUT2D eigenvalue weighted by Gasteiger charge is 2.23. The predicted molar refractivity (Wildman–Crippen MR) is 112 cm³/mol. The van der Waals surface area contributed by atoms with Gasteiger partial charge in [-0.25, -0.2) is 4.98 Å².